The highest BCUT2D eigenvalue weighted by Gasteiger charge is 2.31. The Balaban J connectivity index is 0.000000202. The fourth-order valence-electron chi connectivity index (χ4n) is 2.85. The Morgan fingerprint density at radius 1 is 1.32 bits per heavy atom. The van der Waals surface area contributed by atoms with Crippen LogP contribution in [0.15, 0.2) is 24.3 Å². The normalized spacial score (nSPS) is 22.6. The predicted molar refractivity (Wildman–Crippen MR) is 105 cm³/mol. The van der Waals surface area contributed by atoms with E-state index in [-0.39, 0.29) is 18.6 Å². The van der Waals surface area contributed by atoms with Crippen LogP contribution in [0.4, 0.5) is 0 Å². The minimum absolute atomic E-state index is 0.0645. The van der Waals surface area contributed by atoms with Gasteiger partial charge in [-0.05, 0) is 49.9 Å². The maximum Gasteiger partial charge on any atom is 0.383 e. The third-order valence-electron chi connectivity index (χ3n) is 4.40. The van der Waals surface area contributed by atoms with Crippen molar-refractivity contribution in [3.05, 3.63) is 45.5 Å². The summed E-state index contributed by atoms with van der Waals surface area (Å²) in [7, 11) is 0. The zero-order valence-electron chi connectivity index (χ0n) is 15.4. The molecule has 1 aromatic carbocycles. The summed E-state index contributed by atoms with van der Waals surface area (Å²) in [5.74, 6) is -0.572. The number of rotatable bonds is 7. The van der Waals surface area contributed by atoms with E-state index in [4.69, 9.17) is 5.11 Å². The molecule has 28 heavy (non-hydrogen) atoms. The molecule has 10 heteroatoms. The molecule has 1 saturated heterocycles. The number of esters is 1. The number of amides is 1. The van der Waals surface area contributed by atoms with Gasteiger partial charge in [0.1, 0.15) is 0 Å². The molecule has 1 fully saturated rings. The number of ether oxygens (including phenoxy) is 1. The molecule has 0 aliphatic carbocycles. The number of thiol groups is 1. The van der Waals surface area contributed by atoms with Gasteiger partial charge in [0.15, 0.2) is 0 Å². The monoisotopic (exact) mass is 411 g/mol. The van der Waals surface area contributed by atoms with Crippen LogP contribution in [0.2, 0.25) is 0 Å². The fourth-order valence-corrected chi connectivity index (χ4v) is 3.17. The summed E-state index contributed by atoms with van der Waals surface area (Å²) in [6.07, 6.45) is 2.16. The number of nitrogens with one attached hydrogen (secondary N) is 2. The van der Waals surface area contributed by atoms with Crippen LogP contribution in [-0.2, 0) is 9.53 Å². The van der Waals surface area contributed by atoms with Gasteiger partial charge in [0, 0.05) is 24.9 Å². The standard InChI is InChI=1S/C10H20N2O2S.C8H5NO4/c13-5-3-1-2-4-11-10(14)9-6-8(15)7-12-9;10-8-6-3-1-5(2-4-6)7(13-8)9(11)12/h8-9,12-13,15H,1-7H2,(H,11,14);1-4,7H. The third-order valence-corrected chi connectivity index (χ3v) is 4.79. The molecule has 0 saturated carbocycles. The Morgan fingerprint density at radius 2 is 2.04 bits per heavy atom. The highest BCUT2D eigenvalue weighted by atomic mass is 32.1. The molecule has 1 aromatic rings. The van der Waals surface area contributed by atoms with Crippen molar-refractivity contribution in [2.75, 3.05) is 19.7 Å². The highest BCUT2D eigenvalue weighted by Crippen LogP contribution is 2.24. The largest absolute Gasteiger partial charge is 0.396 e. The van der Waals surface area contributed by atoms with Crippen molar-refractivity contribution in [2.45, 2.75) is 43.2 Å². The summed E-state index contributed by atoms with van der Waals surface area (Å²) < 4.78 is 4.62. The maximum absolute atomic E-state index is 11.6. The molecule has 3 atom stereocenters. The van der Waals surface area contributed by atoms with Crippen molar-refractivity contribution in [2.24, 2.45) is 0 Å². The Bertz CT molecular complexity index is 684. The van der Waals surface area contributed by atoms with Gasteiger partial charge in [0.25, 0.3) is 0 Å². The van der Waals surface area contributed by atoms with Crippen LogP contribution < -0.4 is 10.6 Å². The van der Waals surface area contributed by atoms with E-state index in [1.165, 1.54) is 24.3 Å². The molecule has 2 bridgehead atoms. The zero-order chi connectivity index (χ0) is 20.5. The van der Waals surface area contributed by atoms with E-state index in [1.807, 2.05) is 0 Å². The van der Waals surface area contributed by atoms with Gasteiger partial charge >= 0.3 is 12.2 Å². The minimum atomic E-state index is -1.36. The van der Waals surface area contributed by atoms with Crippen molar-refractivity contribution in [1.29, 1.82) is 0 Å². The first kappa shape index (κ1) is 22.1. The highest BCUT2D eigenvalue weighted by molar-refractivity contribution is 7.81. The summed E-state index contributed by atoms with van der Waals surface area (Å²) in [5, 5.41) is 25.4. The van der Waals surface area contributed by atoms with Crippen LogP contribution >= 0.6 is 12.6 Å². The van der Waals surface area contributed by atoms with Crippen LogP contribution in [0.3, 0.4) is 0 Å². The number of benzene rings is 1. The number of hydrogen-bond acceptors (Lipinski definition) is 8. The van der Waals surface area contributed by atoms with Gasteiger partial charge in [-0.3, -0.25) is 14.9 Å². The van der Waals surface area contributed by atoms with E-state index in [9.17, 15) is 19.7 Å². The van der Waals surface area contributed by atoms with E-state index >= 15 is 0 Å². The molecule has 3 unspecified atom stereocenters. The maximum atomic E-state index is 11.6. The molecule has 4 rings (SSSR count). The third kappa shape index (κ3) is 6.47. The molecule has 3 N–H and O–H groups in total. The number of nitrogens with zero attached hydrogens (tertiary/aromatic N) is 1. The second-order valence-electron chi connectivity index (χ2n) is 6.59. The van der Waals surface area contributed by atoms with Crippen LogP contribution in [0.5, 0.6) is 0 Å². The Labute approximate surface area is 168 Å². The van der Waals surface area contributed by atoms with Crippen molar-refractivity contribution in [3.8, 4) is 0 Å². The summed E-state index contributed by atoms with van der Waals surface area (Å²) in [6, 6.07) is 6.01. The van der Waals surface area contributed by atoms with E-state index in [0.29, 0.717) is 22.9 Å². The van der Waals surface area contributed by atoms with Gasteiger partial charge in [-0.1, -0.05) is 0 Å². The number of unbranched alkanes of at least 4 members (excludes halogenated alkanes) is 2. The first-order valence-electron chi connectivity index (χ1n) is 9.17. The fraction of sp³-hybridized carbons (Fsp3) is 0.556. The molecule has 0 radical (unpaired) electrons. The van der Waals surface area contributed by atoms with Crippen LogP contribution in [-0.4, -0.2) is 52.9 Å². The van der Waals surface area contributed by atoms with Crippen LogP contribution in [0, 0.1) is 10.1 Å². The number of carbonyl (C=O) groups excluding carboxylic acids is 2. The van der Waals surface area contributed by atoms with E-state index < -0.39 is 17.1 Å². The molecule has 0 aromatic heterocycles. The molecule has 3 aliphatic heterocycles. The topological polar surface area (TPSA) is 131 Å². The summed E-state index contributed by atoms with van der Waals surface area (Å²) in [5.41, 5.74) is 0.729. The van der Waals surface area contributed by atoms with Gasteiger partial charge in [0.2, 0.25) is 5.91 Å². The van der Waals surface area contributed by atoms with Gasteiger partial charge < -0.3 is 20.5 Å². The molecule has 9 nitrogen and oxygen atoms in total. The molecule has 3 aliphatic rings. The van der Waals surface area contributed by atoms with E-state index in [2.05, 4.69) is 28.0 Å². The molecular weight excluding hydrogens is 386 g/mol. The number of fused-ring (bicyclic) bond motifs is 4. The average Bonchev–Trinajstić information content (AvgIpc) is 2.98. The van der Waals surface area contributed by atoms with Gasteiger partial charge in [-0.15, -0.1) is 0 Å². The van der Waals surface area contributed by atoms with Gasteiger partial charge in [-0.25, -0.2) is 4.79 Å². The Morgan fingerprint density at radius 3 is 2.61 bits per heavy atom. The van der Waals surface area contributed by atoms with Crippen molar-refractivity contribution < 1.29 is 24.4 Å². The zero-order valence-corrected chi connectivity index (χ0v) is 16.3. The second kappa shape index (κ2) is 11.0. The van der Waals surface area contributed by atoms with Gasteiger partial charge in [0.05, 0.1) is 22.1 Å². The predicted octanol–water partition coefficient (Wildman–Crippen LogP) is 1.06. The number of hydrogen-bond donors (Lipinski definition) is 4. The first-order valence-corrected chi connectivity index (χ1v) is 9.68. The lowest BCUT2D eigenvalue weighted by Gasteiger charge is -2.10. The number of aliphatic hydroxyl groups excluding tert-OH is 1. The first-order chi connectivity index (χ1) is 13.4. The molecule has 154 valence electrons. The molecule has 1 amide bonds. The summed E-state index contributed by atoms with van der Waals surface area (Å²) in [4.78, 5) is 32.5. The number of aliphatic hydroxyl groups is 1. The molecule has 0 spiro atoms. The molecular formula is C18H25N3O6S. The minimum Gasteiger partial charge on any atom is -0.396 e. The molecule has 3 heterocycles. The van der Waals surface area contributed by atoms with Crippen molar-refractivity contribution in [3.63, 3.8) is 0 Å². The summed E-state index contributed by atoms with van der Waals surface area (Å²) in [6.45, 7) is 1.75. The average molecular weight is 411 g/mol. The van der Waals surface area contributed by atoms with Crippen molar-refractivity contribution >= 4 is 24.5 Å². The van der Waals surface area contributed by atoms with E-state index in [0.717, 1.165) is 32.2 Å². The smallest absolute Gasteiger partial charge is 0.383 e. The quantitative estimate of drug-likeness (QED) is 0.173. The van der Waals surface area contributed by atoms with Crippen molar-refractivity contribution in [1.82, 2.24) is 10.6 Å². The summed E-state index contributed by atoms with van der Waals surface area (Å²) >= 11 is 4.31. The van der Waals surface area contributed by atoms with Crippen LogP contribution in [0.1, 0.15) is 47.8 Å². The van der Waals surface area contributed by atoms with E-state index in [1.54, 1.807) is 0 Å². The number of nitro groups is 1. The lowest BCUT2D eigenvalue weighted by molar-refractivity contribution is -0.574. The second-order valence-corrected chi connectivity index (χ2v) is 7.32. The Hall–Kier alpha value is -2.17. The number of carbonyl (C=O) groups is 2. The lowest BCUT2D eigenvalue weighted by Crippen LogP contribution is -2.40. The SMILES string of the molecule is O=C(NCCCCCO)C1CC(S)CN1.O=C1OC([N+](=O)[O-])c2ccc1cc2. The lowest BCUT2D eigenvalue weighted by atomic mass is 10.1. The Kier molecular flexibility index (Phi) is 8.68. The van der Waals surface area contributed by atoms with Gasteiger partial charge in [-0.2, -0.15) is 12.6 Å². The van der Waals surface area contributed by atoms with Crippen LogP contribution in [0.25, 0.3) is 0 Å².